The number of hydrogen-bond acceptors (Lipinski definition) is 3. The summed E-state index contributed by atoms with van der Waals surface area (Å²) in [5.74, 6) is 1.58. The van der Waals surface area contributed by atoms with Crippen molar-refractivity contribution < 1.29 is 9.47 Å². The molecule has 0 aliphatic rings. The molecule has 0 saturated heterocycles. The molecular formula is C12H11O2S. The fourth-order valence-electron chi connectivity index (χ4n) is 1.44. The molecule has 0 aliphatic heterocycles. The Morgan fingerprint density at radius 1 is 1.13 bits per heavy atom. The normalized spacial score (nSPS) is 10.0. The van der Waals surface area contributed by atoms with Crippen LogP contribution >= 0.6 is 11.3 Å². The molecule has 2 nitrogen and oxygen atoms in total. The van der Waals surface area contributed by atoms with E-state index < -0.39 is 0 Å². The van der Waals surface area contributed by atoms with Crippen molar-refractivity contribution in [2.75, 3.05) is 14.2 Å². The van der Waals surface area contributed by atoms with Gasteiger partial charge in [0.15, 0.2) is 0 Å². The topological polar surface area (TPSA) is 18.5 Å². The SMILES string of the molecule is COc1c[c]cc(OC)c1-c1cccs1. The minimum Gasteiger partial charge on any atom is -0.496 e. The summed E-state index contributed by atoms with van der Waals surface area (Å²) >= 11 is 1.66. The molecule has 0 N–H and O–H groups in total. The monoisotopic (exact) mass is 219 g/mol. The predicted molar refractivity (Wildman–Crippen MR) is 61.7 cm³/mol. The van der Waals surface area contributed by atoms with E-state index in [2.05, 4.69) is 6.07 Å². The Labute approximate surface area is 93.1 Å². The van der Waals surface area contributed by atoms with Crippen LogP contribution in [0.25, 0.3) is 10.4 Å². The molecule has 0 spiro atoms. The van der Waals surface area contributed by atoms with Crippen LogP contribution in [0.2, 0.25) is 0 Å². The fraction of sp³-hybridized carbons (Fsp3) is 0.167. The number of rotatable bonds is 3. The van der Waals surface area contributed by atoms with Gasteiger partial charge in [-0.05, 0) is 29.6 Å². The third-order valence-corrected chi connectivity index (χ3v) is 3.02. The number of ether oxygens (including phenoxy) is 2. The lowest BCUT2D eigenvalue weighted by Gasteiger charge is -2.10. The van der Waals surface area contributed by atoms with Gasteiger partial charge in [0.2, 0.25) is 0 Å². The van der Waals surface area contributed by atoms with Gasteiger partial charge in [-0.25, -0.2) is 0 Å². The number of methoxy groups -OCH3 is 2. The van der Waals surface area contributed by atoms with Crippen LogP contribution < -0.4 is 9.47 Å². The maximum atomic E-state index is 5.31. The van der Waals surface area contributed by atoms with Crippen molar-refractivity contribution in [1.29, 1.82) is 0 Å². The van der Waals surface area contributed by atoms with Gasteiger partial charge in [-0.3, -0.25) is 0 Å². The van der Waals surface area contributed by atoms with Crippen LogP contribution in [-0.4, -0.2) is 14.2 Å². The Bertz CT molecular complexity index is 413. The molecule has 0 saturated carbocycles. The Hall–Kier alpha value is -1.48. The van der Waals surface area contributed by atoms with E-state index in [9.17, 15) is 0 Å². The lowest BCUT2D eigenvalue weighted by atomic mass is 10.1. The molecule has 0 fully saturated rings. The van der Waals surface area contributed by atoms with Gasteiger partial charge in [0.1, 0.15) is 11.5 Å². The average Bonchev–Trinajstić information content (AvgIpc) is 2.81. The fourth-order valence-corrected chi connectivity index (χ4v) is 2.22. The smallest absolute Gasteiger partial charge is 0.131 e. The second kappa shape index (κ2) is 4.36. The number of hydrogen-bond donors (Lipinski definition) is 0. The van der Waals surface area contributed by atoms with Crippen LogP contribution in [0.1, 0.15) is 0 Å². The molecule has 1 heterocycles. The van der Waals surface area contributed by atoms with E-state index in [4.69, 9.17) is 9.47 Å². The van der Waals surface area contributed by atoms with Gasteiger partial charge in [0, 0.05) is 4.88 Å². The molecule has 0 amide bonds. The number of benzene rings is 1. The van der Waals surface area contributed by atoms with Crippen molar-refractivity contribution in [2.24, 2.45) is 0 Å². The van der Waals surface area contributed by atoms with Crippen molar-refractivity contribution in [3.8, 4) is 21.9 Å². The number of thiophene rings is 1. The highest BCUT2D eigenvalue weighted by Gasteiger charge is 2.12. The molecular weight excluding hydrogens is 208 g/mol. The molecule has 2 aromatic rings. The van der Waals surface area contributed by atoms with Gasteiger partial charge in [0.05, 0.1) is 19.8 Å². The largest absolute Gasteiger partial charge is 0.496 e. The highest BCUT2D eigenvalue weighted by molar-refractivity contribution is 7.13. The Morgan fingerprint density at radius 3 is 2.27 bits per heavy atom. The zero-order valence-corrected chi connectivity index (χ0v) is 9.43. The van der Waals surface area contributed by atoms with E-state index in [0.717, 1.165) is 21.9 Å². The summed E-state index contributed by atoms with van der Waals surface area (Å²) in [7, 11) is 3.30. The lowest BCUT2D eigenvalue weighted by Crippen LogP contribution is -1.91. The first-order valence-corrected chi connectivity index (χ1v) is 5.40. The highest BCUT2D eigenvalue weighted by Crippen LogP contribution is 2.40. The van der Waals surface area contributed by atoms with Crippen LogP contribution in [0.4, 0.5) is 0 Å². The van der Waals surface area contributed by atoms with Gasteiger partial charge >= 0.3 is 0 Å². The predicted octanol–water partition coefficient (Wildman–Crippen LogP) is 3.23. The summed E-state index contributed by atoms with van der Waals surface area (Å²) in [6.07, 6.45) is 0. The van der Waals surface area contributed by atoms with Gasteiger partial charge in [-0.2, -0.15) is 0 Å². The van der Waals surface area contributed by atoms with Crippen molar-refractivity contribution >= 4 is 11.3 Å². The Kier molecular flexibility index (Phi) is 2.92. The Morgan fingerprint density at radius 2 is 1.80 bits per heavy atom. The van der Waals surface area contributed by atoms with Crippen LogP contribution in [-0.2, 0) is 0 Å². The first-order chi connectivity index (χ1) is 7.36. The third kappa shape index (κ3) is 1.83. The van der Waals surface area contributed by atoms with Gasteiger partial charge in [-0.15, -0.1) is 11.3 Å². The quantitative estimate of drug-likeness (QED) is 0.789. The zero-order chi connectivity index (χ0) is 10.7. The molecule has 1 aromatic heterocycles. The average molecular weight is 219 g/mol. The van der Waals surface area contributed by atoms with Gasteiger partial charge in [-0.1, -0.05) is 6.07 Å². The van der Waals surface area contributed by atoms with Gasteiger partial charge < -0.3 is 9.47 Å². The summed E-state index contributed by atoms with van der Waals surface area (Å²) in [6, 6.07) is 10.7. The minimum atomic E-state index is 0.789. The highest BCUT2D eigenvalue weighted by atomic mass is 32.1. The molecule has 0 aliphatic carbocycles. The summed E-state index contributed by atoms with van der Waals surface area (Å²) in [4.78, 5) is 1.14. The lowest BCUT2D eigenvalue weighted by molar-refractivity contribution is 0.397. The molecule has 1 radical (unpaired) electrons. The van der Waals surface area contributed by atoms with E-state index in [-0.39, 0.29) is 0 Å². The summed E-state index contributed by atoms with van der Waals surface area (Å²) in [5.41, 5.74) is 0.994. The zero-order valence-electron chi connectivity index (χ0n) is 8.61. The molecule has 1 aromatic carbocycles. The van der Waals surface area contributed by atoms with E-state index in [1.807, 2.05) is 29.6 Å². The molecule has 0 bridgehead atoms. The first-order valence-electron chi connectivity index (χ1n) is 4.52. The summed E-state index contributed by atoms with van der Waals surface area (Å²) in [6.45, 7) is 0. The van der Waals surface area contributed by atoms with Crippen LogP contribution in [0.3, 0.4) is 0 Å². The van der Waals surface area contributed by atoms with Crippen molar-refractivity contribution in [3.63, 3.8) is 0 Å². The van der Waals surface area contributed by atoms with E-state index >= 15 is 0 Å². The third-order valence-electron chi connectivity index (χ3n) is 2.13. The Balaban J connectivity index is 2.61. The van der Waals surface area contributed by atoms with E-state index in [0.29, 0.717) is 0 Å². The molecule has 77 valence electrons. The molecule has 2 rings (SSSR count). The standard InChI is InChI=1S/C12H11O2S/c1-13-9-5-3-6-10(14-2)12(9)11-7-4-8-15-11/h4-8H,1-2H3. The van der Waals surface area contributed by atoms with Crippen LogP contribution in [0.5, 0.6) is 11.5 Å². The molecule has 15 heavy (non-hydrogen) atoms. The maximum Gasteiger partial charge on any atom is 0.131 e. The summed E-state index contributed by atoms with van der Waals surface area (Å²) in [5, 5.41) is 2.03. The van der Waals surface area contributed by atoms with E-state index in [1.54, 1.807) is 25.6 Å². The molecule has 3 heteroatoms. The van der Waals surface area contributed by atoms with Crippen LogP contribution in [0.15, 0.2) is 29.6 Å². The second-order valence-electron chi connectivity index (χ2n) is 2.94. The van der Waals surface area contributed by atoms with Crippen LogP contribution in [0, 0.1) is 6.07 Å². The van der Waals surface area contributed by atoms with E-state index in [1.165, 1.54) is 0 Å². The minimum absolute atomic E-state index is 0.789. The van der Waals surface area contributed by atoms with Gasteiger partial charge in [0.25, 0.3) is 0 Å². The second-order valence-corrected chi connectivity index (χ2v) is 3.89. The van der Waals surface area contributed by atoms with Crippen molar-refractivity contribution in [1.82, 2.24) is 0 Å². The molecule has 0 unspecified atom stereocenters. The maximum absolute atomic E-state index is 5.31. The molecule has 0 atom stereocenters. The summed E-state index contributed by atoms with van der Waals surface area (Å²) < 4.78 is 10.6. The first kappa shape index (κ1) is 10.1. The van der Waals surface area contributed by atoms with Crippen molar-refractivity contribution in [2.45, 2.75) is 0 Å². The van der Waals surface area contributed by atoms with Crippen molar-refractivity contribution in [3.05, 3.63) is 35.7 Å².